The van der Waals surface area contributed by atoms with Gasteiger partial charge in [-0.2, -0.15) is 0 Å². The van der Waals surface area contributed by atoms with E-state index >= 15 is 0 Å². The summed E-state index contributed by atoms with van der Waals surface area (Å²) in [6.07, 6.45) is 10.5. The number of carbonyl (C=O) groups excluding carboxylic acids is 1. The second-order valence-electron chi connectivity index (χ2n) is 7.24. The van der Waals surface area contributed by atoms with Crippen molar-refractivity contribution in [3.63, 3.8) is 0 Å². The number of rotatable bonds is 15. The first-order chi connectivity index (χ1) is 11.4. The van der Waals surface area contributed by atoms with Crippen molar-refractivity contribution in [1.82, 2.24) is 0 Å². The molecule has 0 heterocycles. The molecule has 0 rings (SSSR count). The zero-order chi connectivity index (χ0) is 18.4. The molecule has 0 aliphatic heterocycles. The Kier molecular flexibility index (Phi) is 13.7. The Morgan fingerprint density at radius 1 is 0.875 bits per heavy atom. The highest BCUT2D eigenvalue weighted by atomic mass is 16.5. The van der Waals surface area contributed by atoms with Crippen LogP contribution in [0.15, 0.2) is 0 Å². The quantitative estimate of drug-likeness (QED) is 0.239. The standard InChI is InChI=1S/C20H38O4/c1-5-7-10-15-18(19(21)22)20(23)24-17(6-2)14-12-9-8-11-13-16(3)4/h16-18H,5-15H2,1-4H3,(H,21,22). The molecule has 2 unspecified atom stereocenters. The third-order valence-corrected chi connectivity index (χ3v) is 4.47. The highest BCUT2D eigenvalue weighted by Crippen LogP contribution is 2.18. The van der Waals surface area contributed by atoms with E-state index in [1.165, 1.54) is 19.3 Å². The van der Waals surface area contributed by atoms with E-state index in [1.54, 1.807) is 0 Å². The molecule has 0 aliphatic carbocycles. The van der Waals surface area contributed by atoms with Gasteiger partial charge in [0.25, 0.3) is 0 Å². The van der Waals surface area contributed by atoms with Crippen LogP contribution in [0.3, 0.4) is 0 Å². The predicted molar refractivity (Wildman–Crippen MR) is 98.0 cm³/mol. The summed E-state index contributed by atoms with van der Waals surface area (Å²) in [5, 5.41) is 9.25. The molecule has 0 aromatic rings. The van der Waals surface area contributed by atoms with Crippen molar-refractivity contribution >= 4 is 11.9 Å². The average molecular weight is 343 g/mol. The van der Waals surface area contributed by atoms with Gasteiger partial charge in [0, 0.05) is 0 Å². The fourth-order valence-corrected chi connectivity index (χ4v) is 2.81. The largest absolute Gasteiger partial charge is 0.481 e. The maximum Gasteiger partial charge on any atom is 0.320 e. The molecule has 4 heteroatoms. The van der Waals surface area contributed by atoms with Crippen LogP contribution in [0, 0.1) is 11.8 Å². The Hall–Kier alpha value is -1.06. The molecular formula is C20H38O4. The first kappa shape index (κ1) is 22.9. The van der Waals surface area contributed by atoms with E-state index in [-0.39, 0.29) is 6.10 Å². The second-order valence-corrected chi connectivity index (χ2v) is 7.24. The van der Waals surface area contributed by atoms with Crippen molar-refractivity contribution < 1.29 is 19.4 Å². The van der Waals surface area contributed by atoms with Crippen LogP contribution in [0.4, 0.5) is 0 Å². The number of ether oxygens (including phenoxy) is 1. The van der Waals surface area contributed by atoms with Gasteiger partial charge in [-0.1, -0.05) is 72.6 Å². The minimum atomic E-state index is -1.06. The summed E-state index contributed by atoms with van der Waals surface area (Å²) in [6.45, 7) is 8.53. The molecule has 0 saturated heterocycles. The molecular weight excluding hydrogens is 304 g/mol. The molecule has 24 heavy (non-hydrogen) atoms. The van der Waals surface area contributed by atoms with Gasteiger partial charge in [0.1, 0.15) is 6.10 Å². The van der Waals surface area contributed by atoms with Gasteiger partial charge in [0.2, 0.25) is 0 Å². The molecule has 2 atom stereocenters. The topological polar surface area (TPSA) is 63.6 Å². The van der Waals surface area contributed by atoms with Crippen molar-refractivity contribution in [3.8, 4) is 0 Å². The van der Waals surface area contributed by atoms with Crippen molar-refractivity contribution in [2.45, 2.75) is 104 Å². The number of carbonyl (C=O) groups is 2. The molecule has 0 amide bonds. The number of aliphatic carboxylic acids is 1. The summed E-state index contributed by atoms with van der Waals surface area (Å²) >= 11 is 0. The highest BCUT2D eigenvalue weighted by molar-refractivity contribution is 5.93. The molecule has 0 bridgehead atoms. The SMILES string of the molecule is CCCCCC(C(=O)O)C(=O)OC(CC)CCCCCCC(C)C. The van der Waals surface area contributed by atoms with Gasteiger partial charge in [-0.3, -0.25) is 9.59 Å². The van der Waals surface area contributed by atoms with Crippen molar-refractivity contribution in [3.05, 3.63) is 0 Å². The minimum Gasteiger partial charge on any atom is -0.481 e. The maximum atomic E-state index is 12.2. The van der Waals surface area contributed by atoms with Crippen molar-refractivity contribution in [1.29, 1.82) is 0 Å². The summed E-state index contributed by atoms with van der Waals surface area (Å²) in [4.78, 5) is 23.4. The molecule has 0 aromatic carbocycles. The van der Waals surface area contributed by atoms with Gasteiger partial charge in [0.05, 0.1) is 0 Å². The Bertz CT molecular complexity index is 339. The zero-order valence-corrected chi connectivity index (χ0v) is 16.2. The van der Waals surface area contributed by atoms with Crippen molar-refractivity contribution in [2.24, 2.45) is 11.8 Å². The Labute approximate surface area is 148 Å². The Morgan fingerprint density at radius 2 is 1.46 bits per heavy atom. The normalized spacial score (nSPS) is 13.7. The number of carboxylic acids is 1. The van der Waals surface area contributed by atoms with Gasteiger partial charge in [-0.15, -0.1) is 0 Å². The number of unbranched alkanes of at least 4 members (excludes halogenated alkanes) is 5. The number of carboxylic acid groups (broad SMARTS) is 1. The lowest BCUT2D eigenvalue weighted by Crippen LogP contribution is -2.29. The number of hydrogen-bond acceptors (Lipinski definition) is 3. The molecule has 0 aliphatic rings. The molecule has 0 saturated carbocycles. The van der Waals surface area contributed by atoms with Gasteiger partial charge in [0.15, 0.2) is 5.92 Å². The highest BCUT2D eigenvalue weighted by Gasteiger charge is 2.28. The lowest BCUT2D eigenvalue weighted by atomic mass is 10.0. The lowest BCUT2D eigenvalue weighted by molar-refractivity contribution is -0.163. The van der Waals surface area contributed by atoms with Gasteiger partial charge in [-0.25, -0.2) is 0 Å². The molecule has 0 spiro atoms. The van der Waals surface area contributed by atoms with Crippen LogP contribution in [0.25, 0.3) is 0 Å². The molecule has 0 aromatic heterocycles. The fraction of sp³-hybridized carbons (Fsp3) is 0.900. The fourth-order valence-electron chi connectivity index (χ4n) is 2.81. The number of esters is 1. The lowest BCUT2D eigenvalue weighted by Gasteiger charge is -2.19. The van der Waals surface area contributed by atoms with E-state index in [2.05, 4.69) is 20.8 Å². The number of hydrogen-bond donors (Lipinski definition) is 1. The average Bonchev–Trinajstić information content (AvgIpc) is 2.52. The summed E-state index contributed by atoms with van der Waals surface area (Å²) in [6, 6.07) is 0. The van der Waals surface area contributed by atoms with E-state index in [1.807, 2.05) is 6.92 Å². The summed E-state index contributed by atoms with van der Waals surface area (Å²) in [7, 11) is 0. The van der Waals surface area contributed by atoms with E-state index in [4.69, 9.17) is 4.74 Å². The van der Waals surface area contributed by atoms with Gasteiger partial charge >= 0.3 is 11.9 Å². The van der Waals surface area contributed by atoms with Crippen LogP contribution in [-0.2, 0) is 14.3 Å². The first-order valence-electron chi connectivity index (χ1n) is 9.85. The van der Waals surface area contributed by atoms with Crippen LogP contribution in [0.1, 0.15) is 98.3 Å². The third kappa shape index (κ3) is 11.5. The maximum absolute atomic E-state index is 12.2. The summed E-state index contributed by atoms with van der Waals surface area (Å²) in [5.41, 5.74) is 0. The van der Waals surface area contributed by atoms with Crippen LogP contribution in [0.5, 0.6) is 0 Å². The Balaban J connectivity index is 4.13. The monoisotopic (exact) mass is 342 g/mol. The van der Waals surface area contributed by atoms with Gasteiger partial charge in [-0.05, 0) is 31.6 Å². The van der Waals surface area contributed by atoms with E-state index in [9.17, 15) is 14.7 Å². The van der Waals surface area contributed by atoms with Crippen molar-refractivity contribution in [2.75, 3.05) is 0 Å². The second kappa shape index (κ2) is 14.3. The van der Waals surface area contributed by atoms with Crippen LogP contribution in [0.2, 0.25) is 0 Å². The van der Waals surface area contributed by atoms with Crippen LogP contribution < -0.4 is 0 Å². The van der Waals surface area contributed by atoms with Gasteiger partial charge < -0.3 is 9.84 Å². The van der Waals surface area contributed by atoms with E-state index in [0.717, 1.165) is 50.9 Å². The summed E-state index contributed by atoms with van der Waals surface area (Å²) in [5.74, 6) is -1.85. The molecule has 142 valence electrons. The summed E-state index contributed by atoms with van der Waals surface area (Å²) < 4.78 is 5.48. The Morgan fingerprint density at radius 3 is 1.96 bits per heavy atom. The smallest absolute Gasteiger partial charge is 0.320 e. The molecule has 0 fully saturated rings. The molecule has 1 N–H and O–H groups in total. The van der Waals surface area contributed by atoms with Crippen LogP contribution >= 0.6 is 0 Å². The predicted octanol–water partition coefficient (Wildman–Crippen LogP) is 5.59. The third-order valence-electron chi connectivity index (χ3n) is 4.47. The molecule has 4 nitrogen and oxygen atoms in total. The first-order valence-corrected chi connectivity index (χ1v) is 9.85. The minimum absolute atomic E-state index is 0.143. The molecule has 0 radical (unpaired) electrons. The zero-order valence-electron chi connectivity index (χ0n) is 16.2. The van der Waals surface area contributed by atoms with E-state index in [0.29, 0.717) is 6.42 Å². The van der Waals surface area contributed by atoms with E-state index < -0.39 is 17.9 Å². The van der Waals surface area contributed by atoms with Crippen LogP contribution in [-0.4, -0.2) is 23.1 Å².